The van der Waals surface area contributed by atoms with Crippen LogP contribution in [0.1, 0.15) is 36.3 Å². The molecule has 0 saturated carbocycles. The summed E-state index contributed by atoms with van der Waals surface area (Å²) in [6.07, 6.45) is 0.815. The Balaban J connectivity index is 1.37. The maximum Gasteiger partial charge on any atom is 0.407 e. The SMILES string of the molecule is CN(C)C[C@H](NC(=O)OCC1c2ccccc2-c2ccccc21)C(=O)N1CCC(CCC(=O)O)C1. The minimum absolute atomic E-state index is 0.0512. The predicted octanol–water partition coefficient (Wildman–Crippen LogP) is 3.17. The van der Waals surface area contributed by atoms with E-state index in [2.05, 4.69) is 29.6 Å². The summed E-state index contributed by atoms with van der Waals surface area (Å²) in [4.78, 5) is 40.4. The van der Waals surface area contributed by atoms with Gasteiger partial charge in [0.15, 0.2) is 0 Å². The number of hydrogen-bond donors (Lipinski definition) is 2. The molecule has 8 heteroatoms. The fraction of sp³-hybridized carbons (Fsp3) is 0.444. The normalized spacial score (nSPS) is 17.7. The van der Waals surface area contributed by atoms with E-state index in [1.165, 1.54) is 0 Å². The van der Waals surface area contributed by atoms with Crippen LogP contribution in [0.2, 0.25) is 0 Å². The van der Waals surface area contributed by atoms with Gasteiger partial charge in [0, 0.05) is 32.0 Å². The summed E-state index contributed by atoms with van der Waals surface area (Å²) in [6, 6.07) is 15.5. The number of carboxylic acid groups (broad SMARTS) is 1. The number of carbonyl (C=O) groups excluding carboxylic acids is 2. The lowest BCUT2D eigenvalue weighted by atomic mass is 9.98. The molecular formula is C27H33N3O5. The summed E-state index contributed by atoms with van der Waals surface area (Å²) < 4.78 is 5.65. The zero-order chi connectivity index (χ0) is 24.9. The van der Waals surface area contributed by atoms with Crippen LogP contribution in [0.3, 0.4) is 0 Å². The minimum Gasteiger partial charge on any atom is -0.481 e. The number of nitrogens with zero attached hydrogens (tertiary/aromatic N) is 2. The number of carbonyl (C=O) groups is 3. The lowest BCUT2D eigenvalue weighted by Crippen LogP contribution is -2.52. The van der Waals surface area contributed by atoms with E-state index in [-0.39, 0.29) is 30.8 Å². The lowest BCUT2D eigenvalue weighted by molar-refractivity contribution is -0.137. The highest BCUT2D eigenvalue weighted by Gasteiger charge is 2.33. The number of likely N-dealkylation sites (N-methyl/N-ethyl adjacent to an activating group) is 1. The molecule has 2 aromatic carbocycles. The quantitative estimate of drug-likeness (QED) is 0.573. The number of nitrogens with one attached hydrogen (secondary N) is 1. The Morgan fingerprint density at radius 1 is 1.09 bits per heavy atom. The van der Waals surface area contributed by atoms with Gasteiger partial charge in [0.05, 0.1) is 0 Å². The number of amides is 2. The fourth-order valence-corrected chi connectivity index (χ4v) is 5.15. The number of carboxylic acids is 1. The van der Waals surface area contributed by atoms with Gasteiger partial charge in [-0.05, 0) is 55.1 Å². The minimum atomic E-state index is -0.822. The van der Waals surface area contributed by atoms with E-state index in [1.807, 2.05) is 43.3 Å². The number of ether oxygens (including phenoxy) is 1. The first-order valence-corrected chi connectivity index (χ1v) is 12.1. The van der Waals surface area contributed by atoms with Gasteiger partial charge in [0.25, 0.3) is 0 Å². The van der Waals surface area contributed by atoms with Gasteiger partial charge >= 0.3 is 12.1 Å². The molecule has 0 bridgehead atoms. The largest absolute Gasteiger partial charge is 0.481 e. The second kappa shape index (κ2) is 10.9. The fourth-order valence-electron chi connectivity index (χ4n) is 5.15. The van der Waals surface area contributed by atoms with Crippen LogP contribution in [0.5, 0.6) is 0 Å². The molecule has 2 N–H and O–H groups in total. The first-order valence-electron chi connectivity index (χ1n) is 12.1. The first-order chi connectivity index (χ1) is 16.8. The Kier molecular flexibility index (Phi) is 7.70. The van der Waals surface area contributed by atoms with Crippen LogP contribution in [0.25, 0.3) is 11.1 Å². The average Bonchev–Trinajstić information content (AvgIpc) is 3.43. The van der Waals surface area contributed by atoms with Gasteiger partial charge < -0.3 is 25.0 Å². The van der Waals surface area contributed by atoms with Crippen LogP contribution in [-0.2, 0) is 14.3 Å². The Morgan fingerprint density at radius 2 is 1.71 bits per heavy atom. The number of aliphatic carboxylic acids is 1. The van der Waals surface area contributed by atoms with E-state index < -0.39 is 18.1 Å². The molecule has 1 fully saturated rings. The van der Waals surface area contributed by atoms with E-state index in [1.54, 1.807) is 4.90 Å². The Hall–Kier alpha value is -3.39. The van der Waals surface area contributed by atoms with Gasteiger partial charge in [-0.1, -0.05) is 48.5 Å². The molecule has 1 aliphatic carbocycles. The molecule has 1 saturated heterocycles. The highest BCUT2D eigenvalue weighted by Crippen LogP contribution is 2.44. The van der Waals surface area contributed by atoms with Crippen LogP contribution < -0.4 is 5.32 Å². The monoisotopic (exact) mass is 479 g/mol. The molecule has 0 spiro atoms. The summed E-state index contributed by atoms with van der Waals surface area (Å²) in [5, 5.41) is 11.7. The van der Waals surface area contributed by atoms with Crippen molar-refractivity contribution in [3.63, 3.8) is 0 Å². The van der Waals surface area contributed by atoms with E-state index >= 15 is 0 Å². The van der Waals surface area contributed by atoms with Crippen LogP contribution in [0.15, 0.2) is 48.5 Å². The molecule has 1 unspecified atom stereocenters. The van der Waals surface area contributed by atoms with Crippen molar-refractivity contribution in [1.29, 1.82) is 0 Å². The number of hydrogen-bond acceptors (Lipinski definition) is 5. The third-order valence-electron chi connectivity index (χ3n) is 6.85. The molecule has 2 aliphatic rings. The summed E-state index contributed by atoms with van der Waals surface area (Å²) >= 11 is 0. The topological polar surface area (TPSA) is 99.2 Å². The van der Waals surface area contributed by atoms with Crippen molar-refractivity contribution >= 4 is 18.0 Å². The van der Waals surface area contributed by atoms with Crippen LogP contribution in [0, 0.1) is 5.92 Å². The molecule has 2 aromatic rings. The molecule has 8 nitrogen and oxygen atoms in total. The molecule has 0 radical (unpaired) electrons. The molecule has 2 atom stereocenters. The summed E-state index contributed by atoms with van der Waals surface area (Å²) in [7, 11) is 3.69. The molecule has 186 valence electrons. The van der Waals surface area contributed by atoms with Crippen LogP contribution in [-0.4, -0.2) is 79.3 Å². The highest BCUT2D eigenvalue weighted by molar-refractivity contribution is 5.86. The predicted molar refractivity (Wildman–Crippen MR) is 132 cm³/mol. The zero-order valence-electron chi connectivity index (χ0n) is 20.3. The standard InChI is InChI=1S/C27H33N3O5/c1-29(2)16-24(26(33)30-14-13-18(15-30)11-12-25(31)32)28-27(34)35-17-23-21-9-5-3-7-19(21)20-8-4-6-10-22(20)23/h3-10,18,23-24H,11-17H2,1-2H3,(H,28,34)(H,31,32)/t18?,24-/m0/s1. The molecule has 1 heterocycles. The van der Waals surface area contributed by atoms with Crippen molar-refractivity contribution in [3.05, 3.63) is 59.7 Å². The molecule has 35 heavy (non-hydrogen) atoms. The Morgan fingerprint density at radius 3 is 2.31 bits per heavy atom. The van der Waals surface area contributed by atoms with Crippen molar-refractivity contribution in [2.45, 2.75) is 31.2 Å². The molecular weight excluding hydrogens is 446 g/mol. The maximum absolute atomic E-state index is 13.2. The summed E-state index contributed by atoms with van der Waals surface area (Å²) in [6.45, 7) is 1.62. The Labute approximate surface area is 205 Å². The molecule has 0 aromatic heterocycles. The van der Waals surface area contributed by atoms with Crippen LogP contribution >= 0.6 is 0 Å². The average molecular weight is 480 g/mol. The lowest BCUT2D eigenvalue weighted by Gasteiger charge is -2.26. The van der Waals surface area contributed by atoms with Crippen molar-refractivity contribution in [2.75, 3.05) is 40.3 Å². The Bertz CT molecular complexity index is 1040. The van der Waals surface area contributed by atoms with Gasteiger partial charge in [-0.15, -0.1) is 0 Å². The van der Waals surface area contributed by atoms with Gasteiger partial charge in [0.1, 0.15) is 12.6 Å². The molecule has 2 amide bonds. The third-order valence-corrected chi connectivity index (χ3v) is 6.85. The molecule has 1 aliphatic heterocycles. The van der Waals surface area contributed by atoms with Gasteiger partial charge in [-0.2, -0.15) is 0 Å². The summed E-state index contributed by atoms with van der Waals surface area (Å²) in [5.74, 6) is -0.864. The number of rotatable bonds is 9. The number of alkyl carbamates (subject to hydrolysis) is 1. The van der Waals surface area contributed by atoms with Gasteiger partial charge in [-0.3, -0.25) is 9.59 Å². The first kappa shape index (κ1) is 24.7. The number of likely N-dealkylation sites (tertiary alicyclic amines) is 1. The second-order valence-electron chi connectivity index (χ2n) is 9.66. The van der Waals surface area contributed by atoms with E-state index in [9.17, 15) is 14.4 Å². The molecule has 4 rings (SSSR count). The van der Waals surface area contributed by atoms with Gasteiger partial charge in [-0.25, -0.2) is 4.79 Å². The van der Waals surface area contributed by atoms with E-state index in [4.69, 9.17) is 9.84 Å². The third kappa shape index (κ3) is 5.82. The van der Waals surface area contributed by atoms with E-state index in [0.717, 1.165) is 28.7 Å². The second-order valence-corrected chi connectivity index (χ2v) is 9.66. The van der Waals surface area contributed by atoms with Crippen molar-refractivity contribution in [2.24, 2.45) is 5.92 Å². The van der Waals surface area contributed by atoms with Crippen molar-refractivity contribution < 1.29 is 24.2 Å². The van der Waals surface area contributed by atoms with E-state index in [0.29, 0.717) is 26.1 Å². The van der Waals surface area contributed by atoms with Crippen molar-refractivity contribution in [1.82, 2.24) is 15.1 Å². The maximum atomic E-state index is 13.2. The summed E-state index contributed by atoms with van der Waals surface area (Å²) in [5.41, 5.74) is 4.58. The zero-order valence-corrected chi connectivity index (χ0v) is 20.3. The van der Waals surface area contributed by atoms with Crippen LogP contribution in [0.4, 0.5) is 4.79 Å². The van der Waals surface area contributed by atoms with Crippen molar-refractivity contribution in [3.8, 4) is 11.1 Å². The smallest absolute Gasteiger partial charge is 0.407 e. The highest BCUT2D eigenvalue weighted by atomic mass is 16.5. The number of benzene rings is 2. The van der Waals surface area contributed by atoms with Gasteiger partial charge in [0.2, 0.25) is 5.91 Å². The number of fused-ring (bicyclic) bond motifs is 3.